The summed E-state index contributed by atoms with van der Waals surface area (Å²) in [5, 5.41) is 9.22. The number of hydrogen-bond acceptors (Lipinski definition) is 4. The van der Waals surface area contributed by atoms with Crippen molar-refractivity contribution in [3.05, 3.63) is 0 Å². The van der Waals surface area contributed by atoms with Crippen LogP contribution in [0.25, 0.3) is 0 Å². The minimum Gasteiger partial charge on any atom is -0.480 e. The summed E-state index contributed by atoms with van der Waals surface area (Å²) in [5.74, 6) is -0.963. The van der Waals surface area contributed by atoms with Gasteiger partial charge in [-0.1, -0.05) is 6.92 Å². The van der Waals surface area contributed by atoms with Crippen LogP contribution < -0.4 is 0 Å². The lowest BCUT2D eigenvalue weighted by Gasteiger charge is -2.40. The molecule has 0 aromatic rings. The third kappa shape index (κ3) is 2.31. The number of rotatable bonds is 3. The average Bonchev–Trinajstić information content (AvgIpc) is 2.17. The maximum atomic E-state index is 11.3. The van der Waals surface area contributed by atoms with Gasteiger partial charge in [0, 0.05) is 0 Å². The van der Waals surface area contributed by atoms with Crippen LogP contribution in [0.4, 0.5) is 0 Å². The predicted molar refractivity (Wildman–Crippen MR) is 56.6 cm³/mol. The first-order chi connectivity index (χ1) is 6.84. The Labute approximate surface area is 90.0 Å². The van der Waals surface area contributed by atoms with Gasteiger partial charge in [-0.15, -0.1) is 0 Å². The summed E-state index contributed by atoms with van der Waals surface area (Å²) in [6, 6.07) is 0. The number of aliphatic carboxylic acids is 1. The second kappa shape index (κ2) is 4.09. The molecule has 1 N–H and O–H groups in total. The lowest BCUT2D eigenvalue weighted by molar-refractivity contribution is -0.151. The number of carbonyl (C=O) groups is 1. The van der Waals surface area contributed by atoms with Gasteiger partial charge in [0.05, 0.1) is 11.5 Å². The van der Waals surface area contributed by atoms with E-state index in [9.17, 15) is 18.3 Å². The highest BCUT2D eigenvalue weighted by molar-refractivity contribution is 7.91. The van der Waals surface area contributed by atoms with E-state index >= 15 is 0 Å². The Bertz CT molecular complexity index is 335. The molecular formula is C9H17NO4S. The second-order valence-corrected chi connectivity index (χ2v) is 6.31. The Balaban J connectivity index is 2.92. The van der Waals surface area contributed by atoms with Gasteiger partial charge in [0.15, 0.2) is 0 Å². The van der Waals surface area contributed by atoms with Crippen LogP contribution in [0.2, 0.25) is 0 Å². The van der Waals surface area contributed by atoms with Gasteiger partial charge in [-0.05, 0) is 26.4 Å². The summed E-state index contributed by atoms with van der Waals surface area (Å²) in [5.41, 5.74) is -0.986. The minimum absolute atomic E-state index is 0.0242. The highest BCUT2D eigenvalue weighted by atomic mass is 32.2. The zero-order valence-corrected chi connectivity index (χ0v) is 9.88. The van der Waals surface area contributed by atoms with Crippen LogP contribution in [0.1, 0.15) is 19.8 Å². The Morgan fingerprint density at radius 3 is 2.20 bits per heavy atom. The third-order valence-electron chi connectivity index (χ3n) is 3.26. The molecule has 0 aromatic heterocycles. The van der Waals surface area contributed by atoms with Crippen LogP contribution in [-0.2, 0) is 14.6 Å². The Morgan fingerprint density at radius 1 is 1.40 bits per heavy atom. The Morgan fingerprint density at radius 2 is 1.87 bits per heavy atom. The molecule has 0 radical (unpaired) electrons. The van der Waals surface area contributed by atoms with Crippen LogP contribution in [0, 0.1) is 0 Å². The topological polar surface area (TPSA) is 74.7 Å². The molecule has 1 aliphatic heterocycles. The quantitative estimate of drug-likeness (QED) is 0.743. The fourth-order valence-electron chi connectivity index (χ4n) is 1.94. The summed E-state index contributed by atoms with van der Waals surface area (Å²) in [6.07, 6.45) is 0.379. The van der Waals surface area contributed by atoms with Crippen LogP contribution in [0.15, 0.2) is 0 Å². The van der Waals surface area contributed by atoms with Gasteiger partial charge in [-0.3, -0.25) is 9.69 Å². The number of nitrogens with zero attached hydrogens (tertiary/aromatic N) is 1. The molecule has 0 aromatic carbocycles. The molecule has 0 aliphatic carbocycles. The molecule has 1 heterocycles. The molecule has 6 heteroatoms. The van der Waals surface area contributed by atoms with Gasteiger partial charge < -0.3 is 5.11 Å². The average molecular weight is 235 g/mol. The molecule has 0 unspecified atom stereocenters. The first kappa shape index (κ1) is 12.4. The van der Waals surface area contributed by atoms with Crippen molar-refractivity contribution in [2.75, 3.05) is 25.1 Å². The lowest BCUT2D eigenvalue weighted by Crippen LogP contribution is -2.57. The standard InChI is InChI=1S/C9H17NO4S/c1-3-10(2)9(8(11)12)4-6-15(13,14)7-5-9/h3-7H2,1-2H3,(H,11,12). The first-order valence-corrected chi connectivity index (χ1v) is 6.81. The number of sulfone groups is 1. The molecule has 0 spiro atoms. The van der Waals surface area contributed by atoms with Crippen molar-refractivity contribution >= 4 is 15.8 Å². The number of carboxylic acid groups (broad SMARTS) is 1. The number of likely N-dealkylation sites (N-methyl/N-ethyl adjacent to an activating group) is 1. The van der Waals surface area contributed by atoms with E-state index in [1.54, 1.807) is 11.9 Å². The summed E-state index contributed by atoms with van der Waals surface area (Å²) in [4.78, 5) is 13.0. The van der Waals surface area contributed by atoms with Crippen molar-refractivity contribution in [3.63, 3.8) is 0 Å². The van der Waals surface area contributed by atoms with Crippen LogP contribution >= 0.6 is 0 Å². The molecule has 1 rings (SSSR count). The van der Waals surface area contributed by atoms with Gasteiger partial charge in [-0.25, -0.2) is 8.42 Å². The maximum Gasteiger partial charge on any atom is 0.324 e. The molecular weight excluding hydrogens is 218 g/mol. The molecule has 0 amide bonds. The fourth-order valence-corrected chi connectivity index (χ4v) is 3.44. The van der Waals surface area contributed by atoms with Gasteiger partial charge in [0.1, 0.15) is 15.4 Å². The molecule has 5 nitrogen and oxygen atoms in total. The second-order valence-electron chi connectivity index (χ2n) is 4.00. The number of hydrogen-bond donors (Lipinski definition) is 1. The van der Waals surface area contributed by atoms with Crippen molar-refractivity contribution in [1.29, 1.82) is 0 Å². The van der Waals surface area contributed by atoms with Crippen molar-refractivity contribution in [2.45, 2.75) is 25.3 Å². The minimum atomic E-state index is -3.02. The van der Waals surface area contributed by atoms with E-state index in [1.165, 1.54) is 0 Å². The highest BCUT2D eigenvalue weighted by Crippen LogP contribution is 2.29. The van der Waals surface area contributed by atoms with E-state index in [2.05, 4.69) is 0 Å². The molecule has 1 aliphatic rings. The van der Waals surface area contributed by atoms with Gasteiger partial charge in [-0.2, -0.15) is 0 Å². The van der Waals surface area contributed by atoms with Crippen LogP contribution in [0.5, 0.6) is 0 Å². The Hall–Kier alpha value is -0.620. The van der Waals surface area contributed by atoms with E-state index in [4.69, 9.17) is 0 Å². The number of carboxylic acids is 1. The van der Waals surface area contributed by atoms with E-state index in [0.717, 1.165) is 0 Å². The third-order valence-corrected chi connectivity index (χ3v) is 4.91. The van der Waals surface area contributed by atoms with Gasteiger partial charge in [0.25, 0.3) is 0 Å². The molecule has 88 valence electrons. The summed E-state index contributed by atoms with van der Waals surface area (Å²) >= 11 is 0. The zero-order valence-electron chi connectivity index (χ0n) is 9.06. The van der Waals surface area contributed by atoms with Crippen molar-refractivity contribution in [2.24, 2.45) is 0 Å². The normalized spacial score (nSPS) is 23.9. The van der Waals surface area contributed by atoms with E-state index < -0.39 is 21.3 Å². The van der Waals surface area contributed by atoms with Crippen LogP contribution in [-0.4, -0.2) is 55.0 Å². The smallest absolute Gasteiger partial charge is 0.324 e. The first-order valence-electron chi connectivity index (χ1n) is 4.99. The summed E-state index contributed by atoms with van der Waals surface area (Å²) < 4.78 is 22.5. The van der Waals surface area contributed by atoms with Crippen molar-refractivity contribution in [3.8, 4) is 0 Å². The summed E-state index contributed by atoms with van der Waals surface area (Å²) in [6.45, 7) is 2.47. The fraction of sp³-hybridized carbons (Fsp3) is 0.889. The van der Waals surface area contributed by atoms with E-state index in [-0.39, 0.29) is 24.3 Å². The Kier molecular flexibility index (Phi) is 3.40. The maximum absolute atomic E-state index is 11.3. The largest absolute Gasteiger partial charge is 0.480 e. The molecule has 0 saturated carbocycles. The van der Waals surface area contributed by atoms with E-state index in [1.807, 2.05) is 6.92 Å². The van der Waals surface area contributed by atoms with Gasteiger partial charge >= 0.3 is 5.97 Å². The highest BCUT2D eigenvalue weighted by Gasteiger charge is 2.46. The molecule has 0 bridgehead atoms. The molecule has 15 heavy (non-hydrogen) atoms. The zero-order chi connectivity index (χ0) is 11.7. The lowest BCUT2D eigenvalue weighted by atomic mass is 9.90. The summed E-state index contributed by atoms with van der Waals surface area (Å²) in [7, 11) is -1.29. The predicted octanol–water partition coefficient (Wildman–Crippen LogP) is -0.0299. The van der Waals surface area contributed by atoms with Crippen molar-refractivity contribution < 1.29 is 18.3 Å². The SMILES string of the molecule is CCN(C)C1(C(=O)O)CCS(=O)(=O)CC1. The molecule has 1 saturated heterocycles. The van der Waals surface area contributed by atoms with E-state index in [0.29, 0.717) is 6.54 Å². The molecule has 0 atom stereocenters. The monoisotopic (exact) mass is 235 g/mol. The molecule has 1 fully saturated rings. The van der Waals surface area contributed by atoms with Crippen LogP contribution in [0.3, 0.4) is 0 Å². The van der Waals surface area contributed by atoms with Crippen molar-refractivity contribution in [1.82, 2.24) is 4.90 Å². The van der Waals surface area contributed by atoms with Gasteiger partial charge in [0.2, 0.25) is 0 Å².